The van der Waals surface area contributed by atoms with Gasteiger partial charge in [-0.15, -0.1) is 0 Å². The zero-order valence-electron chi connectivity index (χ0n) is 14.7. The fraction of sp³-hybridized carbons (Fsp3) is 0.941. The summed E-state index contributed by atoms with van der Waals surface area (Å²) < 4.78 is 5.30. The Labute approximate surface area is 130 Å². The quantitative estimate of drug-likeness (QED) is 0.829. The lowest BCUT2D eigenvalue weighted by atomic mass is 9.89. The fourth-order valence-corrected chi connectivity index (χ4v) is 2.57. The summed E-state index contributed by atoms with van der Waals surface area (Å²) in [5, 5.41) is 6.63. The summed E-state index contributed by atoms with van der Waals surface area (Å²) in [6.45, 7) is 13.6. The molecule has 0 aromatic heterocycles. The first kappa shape index (κ1) is 18.3. The van der Waals surface area contributed by atoms with E-state index in [-0.39, 0.29) is 12.1 Å². The van der Waals surface area contributed by atoms with Gasteiger partial charge in [-0.05, 0) is 64.8 Å². The number of nitrogens with one attached hydrogen (secondary N) is 2. The minimum Gasteiger partial charge on any atom is -0.444 e. The molecule has 4 nitrogen and oxygen atoms in total. The molecule has 0 aromatic rings. The Morgan fingerprint density at radius 1 is 1.00 bits per heavy atom. The average Bonchev–Trinajstić information content (AvgIpc) is 2.27. The summed E-state index contributed by atoms with van der Waals surface area (Å²) >= 11 is 0. The Morgan fingerprint density at radius 2 is 1.52 bits per heavy atom. The monoisotopic (exact) mass is 298 g/mol. The molecule has 0 spiro atoms. The van der Waals surface area contributed by atoms with Crippen LogP contribution in [0.3, 0.4) is 0 Å². The van der Waals surface area contributed by atoms with Gasteiger partial charge in [0.15, 0.2) is 0 Å². The highest BCUT2D eigenvalue weighted by Gasteiger charge is 2.24. The molecule has 4 heteroatoms. The number of ether oxygens (including phenoxy) is 1. The van der Waals surface area contributed by atoms with Crippen molar-refractivity contribution in [1.29, 1.82) is 0 Å². The minimum atomic E-state index is -0.421. The highest BCUT2D eigenvalue weighted by Crippen LogP contribution is 2.21. The summed E-state index contributed by atoms with van der Waals surface area (Å²) in [4.78, 5) is 11.7. The van der Waals surface area contributed by atoms with Crippen molar-refractivity contribution in [2.24, 2.45) is 5.41 Å². The molecule has 124 valence electrons. The van der Waals surface area contributed by atoms with Crippen LogP contribution in [0.15, 0.2) is 0 Å². The lowest BCUT2D eigenvalue weighted by molar-refractivity contribution is 0.0489. The van der Waals surface area contributed by atoms with E-state index >= 15 is 0 Å². The van der Waals surface area contributed by atoms with Crippen molar-refractivity contribution in [2.75, 3.05) is 6.54 Å². The Hall–Kier alpha value is -0.770. The van der Waals surface area contributed by atoms with E-state index in [2.05, 4.69) is 31.4 Å². The Morgan fingerprint density at radius 3 is 2.00 bits per heavy atom. The van der Waals surface area contributed by atoms with Gasteiger partial charge in [0.2, 0.25) is 0 Å². The number of amides is 1. The van der Waals surface area contributed by atoms with Gasteiger partial charge in [-0.1, -0.05) is 20.8 Å². The highest BCUT2D eigenvalue weighted by molar-refractivity contribution is 5.68. The number of rotatable bonds is 4. The first-order valence-corrected chi connectivity index (χ1v) is 8.28. The predicted molar refractivity (Wildman–Crippen MR) is 87.5 cm³/mol. The third-order valence-electron chi connectivity index (χ3n) is 3.76. The summed E-state index contributed by atoms with van der Waals surface area (Å²) in [6, 6.07) is 0.865. The Balaban J connectivity index is 2.19. The van der Waals surface area contributed by atoms with Gasteiger partial charge >= 0.3 is 6.09 Å². The van der Waals surface area contributed by atoms with Crippen LogP contribution < -0.4 is 10.6 Å². The standard InChI is InChI=1S/C17H34N2O2/c1-16(2,3)11-12-18-13-7-9-14(10-8-13)19-15(20)21-17(4,5)6/h13-14,18H,7-12H2,1-6H3,(H,19,20). The molecule has 2 N–H and O–H groups in total. The van der Waals surface area contributed by atoms with Gasteiger partial charge in [0.1, 0.15) is 5.60 Å². The topological polar surface area (TPSA) is 50.4 Å². The van der Waals surface area contributed by atoms with E-state index < -0.39 is 5.60 Å². The van der Waals surface area contributed by atoms with E-state index in [0.29, 0.717) is 11.5 Å². The van der Waals surface area contributed by atoms with Crippen molar-refractivity contribution < 1.29 is 9.53 Å². The van der Waals surface area contributed by atoms with Crippen LogP contribution in [-0.4, -0.2) is 30.3 Å². The van der Waals surface area contributed by atoms with Crippen LogP contribution in [0.2, 0.25) is 0 Å². The zero-order valence-corrected chi connectivity index (χ0v) is 14.7. The van der Waals surface area contributed by atoms with Gasteiger partial charge in [0, 0.05) is 12.1 Å². The first-order valence-electron chi connectivity index (χ1n) is 8.28. The summed E-state index contributed by atoms with van der Waals surface area (Å²) in [5.74, 6) is 0. The van der Waals surface area contributed by atoms with Crippen LogP contribution in [0, 0.1) is 5.41 Å². The molecule has 0 bridgehead atoms. The number of alkyl carbamates (subject to hydrolysis) is 1. The van der Waals surface area contributed by atoms with Gasteiger partial charge in [-0.25, -0.2) is 4.79 Å². The molecule has 1 aliphatic rings. The molecule has 0 radical (unpaired) electrons. The molecule has 0 saturated heterocycles. The van der Waals surface area contributed by atoms with Gasteiger partial charge in [0.05, 0.1) is 0 Å². The molecule has 1 saturated carbocycles. The van der Waals surface area contributed by atoms with E-state index in [1.54, 1.807) is 0 Å². The molecule has 21 heavy (non-hydrogen) atoms. The summed E-state index contributed by atoms with van der Waals surface area (Å²) in [7, 11) is 0. The third kappa shape index (κ3) is 8.97. The molecule has 0 heterocycles. The average molecular weight is 298 g/mol. The van der Waals surface area contributed by atoms with E-state index in [0.717, 1.165) is 32.2 Å². The van der Waals surface area contributed by atoms with Crippen LogP contribution in [-0.2, 0) is 4.74 Å². The third-order valence-corrected chi connectivity index (χ3v) is 3.76. The van der Waals surface area contributed by atoms with Crippen LogP contribution in [0.1, 0.15) is 73.6 Å². The molecule has 1 fully saturated rings. The minimum absolute atomic E-state index is 0.264. The molecular formula is C17H34N2O2. The number of carbonyl (C=O) groups excluding carboxylic acids is 1. The Kier molecular flexibility index (Phi) is 6.51. The van der Waals surface area contributed by atoms with Gasteiger partial charge in [-0.2, -0.15) is 0 Å². The molecule has 0 atom stereocenters. The molecular weight excluding hydrogens is 264 g/mol. The number of hydrogen-bond acceptors (Lipinski definition) is 3. The number of carbonyl (C=O) groups is 1. The lowest BCUT2D eigenvalue weighted by Crippen LogP contribution is -2.44. The Bertz CT molecular complexity index is 321. The second kappa shape index (κ2) is 7.48. The van der Waals surface area contributed by atoms with Gasteiger partial charge in [-0.3, -0.25) is 0 Å². The summed E-state index contributed by atoms with van der Waals surface area (Å²) in [6.07, 6.45) is 5.24. The number of hydrogen-bond donors (Lipinski definition) is 2. The van der Waals surface area contributed by atoms with Crippen LogP contribution in [0.4, 0.5) is 4.79 Å². The van der Waals surface area contributed by atoms with Gasteiger partial charge < -0.3 is 15.4 Å². The highest BCUT2D eigenvalue weighted by atomic mass is 16.6. The van der Waals surface area contributed by atoms with Crippen molar-refractivity contribution in [3.05, 3.63) is 0 Å². The molecule has 0 aromatic carbocycles. The van der Waals surface area contributed by atoms with Crippen molar-refractivity contribution in [3.63, 3.8) is 0 Å². The van der Waals surface area contributed by atoms with Crippen LogP contribution in [0.5, 0.6) is 0 Å². The second-order valence-electron chi connectivity index (χ2n) is 8.46. The smallest absolute Gasteiger partial charge is 0.407 e. The second-order valence-corrected chi connectivity index (χ2v) is 8.46. The molecule has 1 rings (SSSR count). The van der Waals surface area contributed by atoms with E-state index in [1.807, 2.05) is 20.8 Å². The maximum Gasteiger partial charge on any atom is 0.407 e. The molecule has 1 amide bonds. The van der Waals surface area contributed by atoms with Crippen LogP contribution >= 0.6 is 0 Å². The molecule has 0 unspecified atom stereocenters. The predicted octanol–water partition coefficient (Wildman–Crippen LogP) is 3.85. The molecule has 1 aliphatic carbocycles. The zero-order chi connectivity index (χ0) is 16.1. The van der Waals surface area contributed by atoms with Crippen LogP contribution in [0.25, 0.3) is 0 Å². The van der Waals surface area contributed by atoms with Crippen molar-refractivity contribution in [2.45, 2.75) is 91.3 Å². The van der Waals surface area contributed by atoms with Crippen molar-refractivity contribution in [1.82, 2.24) is 10.6 Å². The van der Waals surface area contributed by atoms with E-state index in [9.17, 15) is 4.79 Å². The van der Waals surface area contributed by atoms with Gasteiger partial charge in [0.25, 0.3) is 0 Å². The maximum absolute atomic E-state index is 11.7. The van der Waals surface area contributed by atoms with E-state index in [4.69, 9.17) is 4.74 Å². The van der Waals surface area contributed by atoms with Crippen molar-refractivity contribution >= 4 is 6.09 Å². The fourth-order valence-electron chi connectivity index (χ4n) is 2.57. The largest absolute Gasteiger partial charge is 0.444 e. The first-order chi connectivity index (χ1) is 9.55. The summed E-state index contributed by atoms with van der Waals surface area (Å²) in [5.41, 5.74) is -0.0295. The normalized spacial score (nSPS) is 23.7. The maximum atomic E-state index is 11.7. The van der Waals surface area contributed by atoms with Crippen molar-refractivity contribution in [3.8, 4) is 0 Å². The van der Waals surface area contributed by atoms with E-state index in [1.165, 1.54) is 6.42 Å². The SMILES string of the molecule is CC(C)(C)CCNC1CCC(NC(=O)OC(C)(C)C)CC1. The lowest BCUT2D eigenvalue weighted by Gasteiger charge is -2.31. The molecule has 0 aliphatic heterocycles.